The maximum atomic E-state index is 9.59. The van der Waals surface area contributed by atoms with E-state index in [-0.39, 0.29) is 5.54 Å². The molecular formula is C8H13NO2. The van der Waals surface area contributed by atoms with Crippen molar-refractivity contribution in [1.82, 2.24) is 4.90 Å². The van der Waals surface area contributed by atoms with E-state index in [2.05, 4.69) is 4.90 Å². The first-order valence-corrected chi connectivity index (χ1v) is 3.94. The molecule has 0 saturated carbocycles. The van der Waals surface area contributed by atoms with E-state index in [1.165, 1.54) is 0 Å². The molecule has 0 amide bonds. The zero-order valence-corrected chi connectivity index (χ0v) is 6.71. The fourth-order valence-corrected chi connectivity index (χ4v) is 1.84. The van der Waals surface area contributed by atoms with E-state index in [0.29, 0.717) is 12.4 Å². The maximum absolute atomic E-state index is 9.59. The Hall–Kier alpha value is -0.540. The van der Waals surface area contributed by atoms with Crippen LogP contribution >= 0.6 is 0 Å². The predicted molar refractivity (Wildman–Crippen MR) is 41.5 cm³/mol. The molecule has 1 unspecified atom stereocenters. The Morgan fingerprint density at radius 2 is 2.55 bits per heavy atom. The minimum atomic E-state index is -0.167. The Labute approximate surface area is 66.3 Å². The standard InChI is InChI=1S/C8H13NO2/c1-9-4-2-7(10)8(9)3-5-11-6-8/h2,10H,3-6H2,1H3. The van der Waals surface area contributed by atoms with Crippen LogP contribution in [0.1, 0.15) is 6.42 Å². The summed E-state index contributed by atoms with van der Waals surface area (Å²) in [5.74, 6) is 0.498. The lowest BCUT2D eigenvalue weighted by molar-refractivity contribution is 0.106. The van der Waals surface area contributed by atoms with Gasteiger partial charge in [0.1, 0.15) is 11.3 Å². The minimum Gasteiger partial charge on any atom is -0.511 e. The molecule has 2 rings (SSSR count). The Balaban J connectivity index is 2.27. The first-order chi connectivity index (χ1) is 5.26. The van der Waals surface area contributed by atoms with Crippen molar-refractivity contribution in [2.75, 3.05) is 26.8 Å². The monoisotopic (exact) mass is 155 g/mol. The van der Waals surface area contributed by atoms with Gasteiger partial charge >= 0.3 is 0 Å². The minimum absolute atomic E-state index is 0.167. The van der Waals surface area contributed by atoms with E-state index in [1.54, 1.807) is 0 Å². The Morgan fingerprint density at radius 1 is 1.73 bits per heavy atom. The molecule has 11 heavy (non-hydrogen) atoms. The summed E-state index contributed by atoms with van der Waals surface area (Å²) in [6.07, 6.45) is 2.79. The molecule has 0 aromatic rings. The second kappa shape index (κ2) is 2.22. The highest BCUT2D eigenvalue weighted by molar-refractivity contribution is 5.22. The maximum Gasteiger partial charge on any atom is 0.112 e. The Bertz CT molecular complexity index is 194. The quantitative estimate of drug-likeness (QED) is 0.554. The highest BCUT2D eigenvalue weighted by atomic mass is 16.5. The number of hydrogen-bond donors (Lipinski definition) is 1. The van der Waals surface area contributed by atoms with Crippen LogP contribution in [0.2, 0.25) is 0 Å². The summed E-state index contributed by atoms with van der Waals surface area (Å²) in [6, 6.07) is 0. The topological polar surface area (TPSA) is 32.7 Å². The molecule has 2 heterocycles. The van der Waals surface area contributed by atoms with Gasteiger partial charge in [-0.15, -0.1) is 0 Å². The van der Waals surface area contributed by atoms with Crippen LogP contribution in [0.4, 0.5) is 0 Å². The van der Waals surface area contributed by atoms with Gasteiger partial charge in [0.2, 0.25) is 0 Å². The highest BCUT2D eigenvalue weighted by Crippen LogP contribution is 2.34. The molecule has 0 bridgehead atoms. The molecule has 1 atom stereocenters. The summed E-state index contributed by atoms with van der Waals surface area (Å²) in [4.78, 5) is 2.15. The number of ether oxygens (including phenoxy) is 1. The molecule has 2 aliphatic heterocycles. The van der Waals surface area contributed by atoms with E-state index < -0.39 is 0 Å². The van der Waals surface area contributed by atoms with Gasteiger partial charge in [-0.3, -0.25) is 4.90 Å². The van der Waals surface area contributed by atoms with Crippen molar-refractivity contribution < 1.29 is 9.84 Å². The second-order valence-corrected chi connectivity index (χ2v) is 3.30. The van der Waals surface area contributed by atoms with Crippen molar-refractivity contribution in [3.8, 4) is 0 Å². The smallest absolute Gasteiger partial charge is 0.112 e. The average Bonchev–Trinajstić information content (AvgIpc) is 2.56. The third kappa shape index (κ3) is 0.812. The zero-order valence-electron chi connectivity index (χ0n) is 6.71. The van der Waals surface area contributed by atoms with Crippen LogP contribution in [0.25, 0.3) is 0 Å². The molecular weight excluding hydrogens is 142 g/mol. The summed E-state index contributed by atoms with van der Waals surface area (Å²) in [6.45, 7) is 2.25. The van der Waals surface area contributed by atoms with Crippen LogP contribution in [-0.2, 0) is 4.74 Å². The molecule has 0 aliphatic carbocycles. The number of likely N-dealkylation sites (N-methyl/N-ethyl adjacent to an activating group) is 1. The van der Waals surface area contributed by atoms with Gasteiger partial charge in [-0.25, -0.2) is 0 Å². The SMILES string of the molecule is CN1CC=C(O)C12CCOC2. The lowest BCUT2D eigenvalue weighted by Gasteiger charge is -2.30. The third-order valence-electron chi connectivity index (χ3n) is 2.77. The highest BCUT2D eigenvalue weighted by Gasteiger charge is 2.45. The van der Waals surface area contributed by atoms with Crippen molar-refractivity contribution in [2.45, 2.75) is 12.0 Å². The fraction of sp³-hybridized carbons (Fsp3) is 0.750. The van der Waals surface area contributed by atoms with Gasteiger partial charge < -0.3 is 9.84 Å². The molecule has 0 aromatic heterocycles. The summed E-state index contributed by atoms with van der Waals surface area (Å²) in [5.41, 5.74) is -0.167. The van der Waals surface area contributed by atoms with Crippen molar-refractivity contribution >= 4 is 0 Å². The number of aliphatic hydroxyl groups is 1. The van der Waals surface area contributed by atoms with Gasteiger partial charge in [0, 0.05) is 13.2 Å². The van der Waals surface area contributed by atoms with E-state index >= 15 is 0 Å². The number of aliphatic hydroxyl groups excluding tert-OH is 1. The molecule has 3 heteroatoms. The van der Waals surface area contributed by atoms with Crippen molar-refractivity contribution in [1.29, 1.82) is 0 Å². The van der Waals surface area contributed by atoms with Gasteiger partial charge in [0.05, 0.1) is 6.61 Å². The molecule has 0 radical (unpaired) electrons. The van der Waals surface area contributed by atoms with Crippen molar-refractivity contribution in [2.24, 2.45) is 0 Å². The van der Waals surface area contributed by atoms with Crippen molar-refractivity contribution in [3.63, 3.8) is 0 Å². The van der Waals surface area contributed by atoms with Crippen LogP contribution in [0.15, 0.2) is 11.8 Å². The number of nitrogens with zero attached hydrogens (tertiary/aromatic N) is 1. The molecule has 1 saturated heterocycles. The van der Waals surface area contributed by atoms with Crippen LogP contribution < -0.4 is 0 Å². The first kappa shape index (κ1) is 7.13. The second-order valence-electron chi connectivity index (χ2n) is 3.30. The van der Waals surface area contributed by atoms with Gasteiger partial charge in [-0.1, -0.05) is 0 Å². The average molecular weight is 155 g/mol. The van der Waals surface area contributed by atoms with E-state index in [1.807, 2.05) is 13.1 Å². The van der Waals surface area contributed by atoms with Crippen LogP contribution in [-0.4, -0.2) is 42.4 Å². The van der Waals surface area contributed by atoms with Gasteiger partial charge in [-0.2, -0.15) is 0 Å². The molecule has 1 spiro atoms. The molecule has 2 aliphatic rings. The first-order valence-electron chi connectivity index (χ1n) is 3.94. The summed E-state index contributed by atoms with van der Waals surface area (Å²) >= 11 is 0. The summed E-state index contributed by atoms with van der Waals surface area (Å²) < 4.78 is 5.28. The molecule has 0 aromatic carbocycles. The molecule has 1 fully saturated rings. The largest absolute Gasteiger partial charge is 0.511 e. The third-order valence-corrected chi connectivity index (χ3v) is 2.77. The van der Waals surface area contributed by atoms with Crippen molar-refractivity contribution in [3.05, 3.63) is 11.8 Å². The van der Waals surface area contributed by atoms with E-state index in [9.17, 15) is 5.11 Å². The van der Waals surface area contributed by atoms with E-state index in [4.69, 9.17) is 4.74 Å². The summed E-state index contributed by atoms with van der Waals surface area (Å²) in [5, 5.41) is 9.59. The van der Waals surface area contributed by atoms with Crippen LogP contribution in [0.5, 0.6) is 0 Å². The van der Waals surface area contributed by atoms with Gasteiger partial charge in [0.15, 0.2) is 0 Å². The normalized spacial score (nSPS) is 38.5. The zero-order chi connectivity index (χ0) is 7.90. The Kier molecular flexibility index (Phi) is 1.44. The lowest BCUT2D eigenvalue weighted by Crippen LogP contribution is -2.44. The Morgan fingerprint density at radius 3 is 3.00 bits per heavy atom. The summed E-state index contributed by atoms with van der Waals surface area (Å²) in [7, 11) is 2.02. The molecule has 3 nitrogen and oxygen atoms in total. The lowest BCUT2D eigenvalue weighted by atomic mass is 9.97. The predicted octanol–water partition coefficient (Wildman–Crippen LogP) is 0.533. The van der Waals surface area contributed by atoms with Gasteiger partial charge in [-0.05, 0) is 19.5 Å². The van der Waals surface area contributed by atoms with E-state index in [0.717, 1.165) is 19.6 Å². The molecule has 1 N–H and O–H groups in total. The van der Waals surface area contributed by atoms with Crippen LogP contribution in [0, 0.1) is 0 Å². The fourth-order valence-electron chi connectivity index (χ4n) is 1.84. The van der Waals surface area contributed by atoms with Gasteiger partial charge in [0.25, 0.3) is 0 Å². The number of rotatable bonds is 0. The number of hydrogen-bond acceptors (Lipinski definition) is 3. The van der Waals surface area contributed by atoms with Crippen LogP contribution in [0.3, 0.4) is 0 Å². The molecule has 62 valence electrons.